The topological polar surface area (TPSA) is 96.1 Å². The Morgan fingerprint density at radius 2 is 1.94 bits per heavy atom. The molecule has 2 aliphatic rings. The van der Waals surface area contributed by atoms with Crippen LogP contribution >= 0.6 is 0 Å². The summed E-state index contributed by atoms with van der Waals surface area (Å²) >= 11 is 0. The number of benzene rings is 2. The number of carbonyl (C=O) groups is 1. The predicted molar refractivity (Wildman–Crippen MR) is 115 cm³/mol. The number of anilines is 2. The number of hydrogen-bond acceptors (Lipinski definition) is 6. The van der Waals surface area contributed by atoms with Crippen LogP contribution in [0.25, 0.3) is 5.69 Å². The third-order valence-corrected chi connectivity index (χ3v) is 5.80. The molecule has 1 N–H and O–H groups in total. The molecule has 0 aliphatic carbocycles. The zero-order valence-electron chi connectivity index (χ0n) is 17.4. The molecular formula is C23H22N6O2. The minimum Gasteiger partial charge on any atom is -0.377 e. The number of ether oxygens (including phenoxy) is 1. The van der Waals surface area contributed by atoms with Gasteiger partial charge >= 0.3 is 0 Å². The van der Waals surface area contributed by atoms with Crippen LogP contribution in [0, 0.1) is 18.3 Å². The van der Waals surface area contributed by atoms with E-state index in [4.69, 9.17) is 10.00 Å². The lowest BCUT2D eigenvalue weighted by Crippen LogP contribution is -2.48. The van der Waals surface area contributed by atoms with Gasteiger partial charge in [0.05, 0.1) is 42.3 Å². The molecule has 3 aromatic rings. The molecule has 1 fully saturated rings. The van der Waals surface area contributed by atoms with E-state index in [0.717, 1.165) is 28.7 Å². The molecule has 1 aromatic heterocycles. The molecule has 8 heteroatoms. The van der Waals surface area contributed by atoms with Gasteiger partial charge < -0.3 is 15.0 Å². The van der Waals surface area contributed by atoms with Crippen LogP contribution in [-0.2, 0) is 4.74 Å². The minimum absolute atomic E-state index is 0.0626. The lowest BCUT2D eigenvalue weighted by molar-refractivity contribution is -0.00346. The van der Waals surface area contributed by atoms with E-state index < -0.39 is 0 Å². The van der Waals surface area contributed by atoms with E-state index in [2.05, 4.69) is 38.0 Å². The van der Waals surface area contributed by atoms with E-state index in [0.29, 0.717) is 30.9 Å². The summed E-state index contributed by atoms with van der Waals surface area (Å²) in [5, 5.41) is 20.9. The standard InChI is InChI=1S/C23H22N6O2/c1-14-11-28(19-6-3-16(10-24)4-7-19)21-9-17(23(30)25-18-12-31-13-18)5-8-20(21)29-15(2)26-27-22(14)29/h3-9,14,18H,11-13H2,1-2H3,(H,25,30). The second kappa shape index (κ2) is 7.52. The molecule has 31 heavy (non-hydrogen) atoms. The summed E-state index contributed by atoms with van der Waals surface area (Å²) in [6.45, 7) is 5.82. The van der Waals surface area contributed by atoms with Crippen LogP contribution < -0.4 is 10.2 Å². The van der Waals surface area contributed by atoms with Crippen molar-refractivity contribution in [2.45, 2.75) is 25.8 Å². The monoisotopic (exact) mass is 414 g/mol. The van der Waals surface area contributed by atoms with Crippen molar-refractivity contribution < 1.29 is 9.53 Å². The predicted octanol–water partition coefficient (Wildman–Crippen LogP) is 2.83. The second-order valence-electron chi connectivity index (χ2n) is 8.02. The maximum Gasteiger partial charge on any atom is 0.251 e. The van der Waals surface area contributed by atoms with Crippen LogP contribution in [0.5, 0.6) is 0 Å². The Bertz CT molecular complexity index is 1190. The van der Waals surface area contributed by atoms with Crippen molar-refractivity contribution in [3.8, 4) is 11.8 Å². The number of nitrogens with zero attached hydrogens (tertiary/aromatic N) is 5. The molecule has 5 rings (SSSR count). The fourth-order valence-electron chi connectivity index (χ4n) is 4.07. The van der Waals surface area contributed by atoms with E-state index in [9.17, 15) is 4.79 Å². The summed E-state index contributed by atoms with van der Waals surface area (Å²) in [6.07, 6.45) is 0. The Morgan fingerprint density at radius 3 is 2.61 bits per heavy atom. The second-order valence-corrected chi connectivity index (χ2v) is 8.02. The summed E-state index contributed by atoms with van der Waals surface area (Å²) in [5.41, 5.74) is 3.97. The lowest BCUT2D eigenvalue weighted by atomic mass is 10.1. The van der Waals surface area contributed by atoms with Crippen molar-refractivity contribution >= 4 is 17.3 Å². The Morgan fingerprint density at radius 1 is 1.16 bits per heavy atom. The Balaban J connectivity index is 1.63. The molecule has 3 heterocycles. The maximum atomic E-state index is 12.8. The molecule has 1 amide bonds. The van der Waals surface area contributed by atoms with Crippen molar-refractivity contribution in [2.75, 3.05) is 24.7 Å². The number of nitriles is 1. The van der Waals surface area contributed by atoms with Gasteiger partial charge in [-0.3, -0.25) is 9.36 Å². The fourth-order valence-corrected chi connectivity index (χ4v) is 4.07. The maximum absolute atomic E-state index is 12.8. The zero-order valence-corrected chi connectivity index (χ0v) is 17.4. The number of fused-ring (bicyclic) bond motifs is 3. The molecule has 1 saturated heterocycles. The van der Waals surface area contributed by atoms with Gasteiger partial charge in [0.25, 0.3) is 5.91 Å². The van der Waals surface area contributed by atoms with Gasteiger partial charge in [-0.25, -0.2) is 0 Å². The summed E-state index contributed by atoms with van der Waals surface area (Å²) in [7, 11) is 0. The van der Waals surface area contributed by atoms with Crippen LogP contribution in [0.3, 0.4) is 0 Å². The van der Waals surface area contributed by atoms with E-state index >= 15 is 0 Å². The highest BCUT2D eigenvalue weighted by molar-refractivity contribution is 5.96. The number of hydrogen-bond donors (Lipinski definition) is 1. The van der Waals surface area contributed by atoms with Crippen LogP contribution in [0.4, 0.5) is 11.4 Å². The molecular weight excluding hydrogens is 392 g/mol. The van der Waals surface area contributed by atoms with Gasteiger partial charge in [0.15, 0.2) is 0 Å². The fraction of sp³-hybridized carbons (Fsp3) is 0.304. The summed E-state index contributed by atoms with van der Waals surface area (Å²) in [4.78, 5) is 15.0. The van der Waals surface area contributed by atoms with Crippen LogP contribution in [0.2, 0.25) is 0 Å². The summed E-state index contributed by atoms with van der Waals surface area (Å²) in [6, 6.07) is 15.4. The van der Waals surface area contributed by atoms with Gasteiger partial charge in [0, 0.05) is 23.7 Å². The normalized spacial score (nSPS) is 17.7. The van der Waals surface area contributed by atoms with Crippen molar-refractivity contribution in [1.29, 1.82) is 5.26 Å². The van der Waals surface area contributed by atoms with Gasteiger partial charge in [-0.1, -0.05) is 6.92 Å². The molecule has 8 nitrogen and oxygen atoms in total. The molecule has 0 saturated carbocycles. The zero-order chi connectivity index (χ0) is 21.5. The Labute approximate surface area is 180 Å². The van der Waals surface area contributed by atoms with E-state index in [1.165, 1.54) is 0 Å². The highest BCUT2D eigenvalue weighted by Gasteiger charge is 2.29. The SMILES string of the molecule is Cc1nnc2n1-c1ccc(C(=O)NC3COC3)cc1N(c1ccc(C#N)cc1)CC2C. The number of carbonyl (C=O) groups excluding carboxylic acids is 1. The summed E-state index contributed by atoms with van der Waals surface area (Å²) < 4.78 is 7.23. The van der Waals surface area contributed by atoms with Gasteiger partial charge in [-0.05, 0) is 49.4 Å². The quantitative estimate of drug-likeness (QED) is 0.708. The van der Waals surface area contributed by atoms with Gasteiger partial charge in [-0.15, -0.1) is 10.2 Å². The van der Waals surface area contributed by atoms with Crippen LogP contribution in [0.15, 0.2) is 42.5 Å². The smallest absolute Gasteiger partial charge is 0.251 e. The molecule has 1 unspecified atom stereocenters. The van der Waals surface area contributed by atoms with E-state index in [1.807, 2.05) is 49.4 Å². The van der Waals surface area contributed by atoms with Gasteiger partial charge in [0.2, 0.25) is 0 Å². The van der Waals surface area contributed by atoms with Crippen molar-refractivity contribution in [3.63, 3.8) is 0 Å². The van der Waals surface area contributed by atoms with Crippen LogP contribution in [-0.4, -0.2) is 46.5 Å². The molecule has 0 radical (unpaired) electrons. The molecule has 2 aromatic carbocycles. The first kappa shape index (κ1) is 19.3. The highest BCUT2D eigenvalue weighted by Crippen LogP contribution is 2.38. The van der Waals surface area contributed by atoms with Crippen molar-refractivity contribution in [1.82, 2.24) is 20.1 Å². The first-order chi connectivity index (χ1) is 15.0. The lowest BCUT2D eigenvalue weighted by Gasteiger charge is -2.28. The number of aromatic nitrogens is 3. The molecule has 0 spiro atoms. The first-order valence-corrected chi connectivity index (χ1v) is 10.3. The molecule has 1 atom stereocenters. The molecule has 2 aliphatic heterocycles. The van der Waals surface area contributed by atoms with E-state index in [1.54, 1.807) is 0 Å². The van der Waals surface area contributed by atoms with Crippen LogP contribution in [0.1, 0.15) is 40.4 Å². The number of aryl methyl sites for hydroxylation is 1. The van der Waals surface area contributed by atoms with E-state index in [-0.39, 0.29) is 17.9 Å². The summed E-state index contributed by atoms with van der Waals surface area (Å²) in [5.74, 6) is 1.68. The first-order valence-electron chi connectivity index (χ1n) is 10.3. The third kappa shape index (κ3) is 3.33. The number of amides is 1. The molecule has 0 bridgehead atoms. The number of rotatable bonds is 3. The Hall–Kier alpha value is -3.70. The average Bonchev–Trinajstić information content (AvgIpc) is 3.09. The number of nitrogens with one attached hydrogen (secondary N) is 1. The molecule has 156 valence electrons. The van der Waals surface area contributed by atoms with Crippen molar-refractivity contribution in [2.24, 2.45) is 0 Å². The van der Waals surface area contributed by atoms with Crippen molar-refractivity contribution in [3.05, 3.63) is 65.2 Å². The van der Waals surface area contributed by atoms with Gasteiger partial charge in [-0.2, -0.15) is 5.26 Å². The third-order valence-electron chi connectivity index (χ3n) is 5.80. The largest absolute Gasteiger partial charge is 0.377 e. The Kier molecular flexibility index (Phi) is 4.68. The van der Waals surface area contributed by atoms with Gasteiger partial charge in [0.1, 0.15) is 11.6 Å². The average molecular weight is 414 g/mol. The minimum atomic E-state index is -0.117. The highest BCUT2D eigenvalue weighted by atomic mass is 16.5.